The minimum absolute atomic E-state index is 0.00179. The highest BCUT2D eigenvalue weighted by Crippen LogP contribution is 2.31. The maximum atomic E-state index is 13.0. The number of nitrogens with one attached hydrogen (secondary N) is 2. The molecule has 1 fully saturated rings. The molecule has 5 rings (SSSR count). The van der Waals surface area contributed by atoms with E-state index in [0.29, 0.717) is 23.4 Å². The first-order valence-corrected chi connectivity index (χ1v) is 15.4. The number of anilines is 1. The molecule has 0 bridgehead atoms. The normalized spacial score (nSPS) is 14.7. The molecule has 0 aliphatic heterocycles. The predicted molar refractivity (Wildman–Crippen MR) is 161 cm³/mol. The third-order valence-corrected chi connectivity index (χ3v) is 9.50. The topological polar surface area (TPSA) is 98.7 Å². The summed E-state index contributed by atoms with van der Waals surface area (Å²) in [5.74, 6) is 0.677. The molecule has 0 saturated heterocycles. The number of nitrogens with zero attached hydrogens (tertiary/aromatic N) is 1. The van der Waals surface area contributed by atoms with Crippen LogP contribution in [0, 0.1) is 6.92 Å². The van der Waals surface area contributed by atoms with Crippen LogP contribution in [0.25, 0.3) is 10.9 Å². The van der Waals surface area contributed by atoms with Crippen molar-refractivity contribution in [2.24, 2.45) is 7.05 Å². The smallest absolute Gasteiger partial charge is 0.411 e. The Kier molecular flexibility index (Phi) is 8.37. The molecular formula is C32H37N3O5S. The van der Waals surface area contributed by atoms with Gasteiger partial charge in [0.05, 0.1) is 12.0 Å². The van der Waals surface area contributed by atoms with Crippen molar-refractivity contribution in [3.63, 3.8) is 0 Å². The van der Waals surface area contributed by atoms with Gasteiger partial charge in [0.2, 0.25) is 10.0 Å². The zero-order valence-corrected chi connectivity index (χ0v) is 24.8. The molecule has 1 amide bonds. The van der Waals surface area contributed by atoms with Crippen molar-refractivity contribution in [1.29, 1.82) is 0 Å². The largest absolute Gasteiger partial charge is 0.496 e. The standard InChI is InChI=1S/C32H37N3O5S/c1-21-9-5-8-12-31(21)41(37,38)34-22(2)23-13-14-24(30(18-23)39-4)17-25-20-35(3)29-16-15-26(19-28(25)29)33-32(36)40-27-10-6-7-11-27/h5,8-9,12-16,18-20,22,27,34H,6-7,10-11,17H2,1-4H3,(H,33,36). The minimum Gasteiger partial charge on any atom is -0.496 e. The number of sulfonamides is 1. The van der Waals surface area contributed by atoms with E-state index >= 15 is 0 Å². The van der Waals surface area contributed by atoms with Crippen LogP contribution in [-0.4, -0.2) is 32.3 Å². The van der Waals surface area contributed by atoms with Crippen LogP contribution >= 0.6 is 0 Å². The van der Waals surface area contributed by atoms with E-state index in [1.807, 2.05) is 56.4 Å². The molecule has 4 aromatic rings. The SMILES string of the molecule is COc1cc(C(C)NS(=O)(=O)c2ccccc2C)ccc1Cc1cn(C)c2ccc(NC(=O)OC3CCCC3)cc12. The molecule has 1 unspecified atom stereocenters. The Morgan fingerprint density at radius 3 is 2.54 bits per heavy atom. The molecule has 216 valence electrons. The van der Waals surface area contributed by atoms with Gasteiger partial charge in [-0.15, -0.1) is 0 Å². The number of ether oxygens (including phenoxy) is 2. The van der Waals surface area contributed by atoms with Crippen LogP contribution in [0.1, 0.15) is 60.9 Å². The molecule has 1 aliphatic rings. The lowest BCUT2D eigenvalue weighted by Gasteiger charge is -2.18. The van der Waals surface area contributed by atoms with Gasteiger partial charge >= 0.3 is 6.09 Å². The number of rotatable bonds is 9. The summed E-state index contributed by atoms with van der Waals surface area (Å²) in [6, 6.07) is 18.1. The predicted octanol–water partition coefficient (Wildman–Crippen LogP) is 6.62. The Morgan fingerprint density at radius 1 is 1.05 bits per heavy atom. The highest BCUT2D eigenvalue weighted by Gasteiger charge is 2.22. The van der Waals surface area contributed by atoms with Gasteiger partial charge in [-0.2, -0.15) is 0 Å². The molecule has 1 saturated carbocycles. The first-order valence-electron chi connectivity index (χ1n) is 13.9. The summed E-state index contributed by atoms with van der Waals surface area (Å²) >= 11 is 0. The number of benzene rings is 3. The van der Waals surface area contributed by atoms with Crippen LogP contribution in [0.4, 0.5) is 10.5 Å². The number of hydrogen-bond acceptors (Lipinski definition) is 5. The van der Waals surface area contributed by atoms with Gasteiger partial charge < -0.3 is 14.0 Å². The second-order valence-corrected chi connectivity index (χ2v) is 12.5. The van der Waals surface area contributed by atoms with Gasteiger partial charge in [-0.25, -0.2) is 17.9 Å². The van der Waals surface area contributed by atoms with Crippen LogP contribution in [0.15, 0.2) is 71.8 Å². The van der Waals surface area contributed by atoms with E-state index in [1.165, 1.54) is 0 Å². The number of fused-ring (bicyclic) bond motifs is 1. The van der Waals surface area contributed by atoms with Gasteiger partial charge in [-0.1, -0.05) is 30.3 Å². The maximum absolute atomic E-state index is 13.0. The lowest BCUT2D eigenvalue weighted by molar-refractivity contribution is 0.114. The molecule has 1 aromatic heterocycles. The van der Waals surface area contributed by atoms with Gasteiger partial charge in [0.25, 0.3) is 0 Å². The van der Waals surface area contributed by atoms with Crippen LogP contribution in [0.2, 0.25) is 0 Å². The van der Waals surface area contributed by atoms with Crippen molar-refractivity contribution < 1.29 is 22.7 Å². The lowest BCUT2D eigenvalue weighted by Crippen LogP contribution is -2.27. The van der Waals surface area contributed by atoms with Gasteiger partial charge in [0.1, 0.15) is 11.9 Å². The quantitative estimate of drug-likeness (QED) is 0.234. The lowest BCUT2D eigenvalue weighted by atomic mass is 9.99. The van der Waals surface area contributed by atoms with E-state index in [2.05, 4.69) is 20.8 Å². The molecule has 2 N–H and O–H groups in total. The number of aromatic nitrogens is 1. The van der Waals surface area contributed by atoms with Crippen molar-refractivity contribution in [3.8, 4) is 5.75 Å². The van der Waals surface area contributed by atoms with E-state index < -0.39 is 22.2 Å². The van der Waals surface area contributed by atoms with E-state index in [-0.39, 0.29) is 11.0 Å². The molecule has 0 spiro atoms. The highest BCUT2D eigenvalue weighted by atomic mass is 32.2. The average molecular weight is 576 g/mol. The van der Waals surface area contributed by atoms with Crippen LogP contribution in [0.3, 0.4) is 0 Å². The van der Waals surface area contributed by atoms with Gasteiger partial charge in [0, 0.05) is 42.3 Å². The Hall–Kier alpha value is -3.82. The number of methoxy groups -OCH3 is 1. The molecule has 1 atom stereocenters. The highest BCUT2D eigenvalue weighted by molar-refractivity contribution is 7.89. The molecule has 1 heterocycles. The molecule has 1 aliphatic carbocycles. The minimum atomic E-state index is -3.69. The van der Waals surface area contributed by atoms with Gasteiger partial charge in [-0.05, 0) is 92.1 Å². The summed E-state index contributed by atoms with van der Waals surface area (Å²) < 4.78 is 42.2. The van der Waals surface area contributed by atoms with Crippen LogP contribution in [-0.2, 0) is 28.2 Å². The van der Waals surface area contributed by atoms with Crippen molar-refractivity contribution >= 4 is 32.7 Å². The van der Waals surface area contributed by atoms with Crippen molar-refractivity contribution in [3.05, 3.63) is 89.1 Å². The Balaban J connectivity index is 1.35. The fraction of sp³-hybridized carbons (Fsp3) is 0.344. The van der Waals surface area contributed by atoms with E-state index in [4.69, 9.17) is 9.47 Å². The summed E-state index contributed by atoms with van der Waals surface area (Å²) in [4.78, 5) is 12.7. The Morgan fingerprint density at radius 2 is 1.80 bits per heavy atom. The summed E-state index contributed by atoms with van der Waals surface area (Å²) in [5.41, 5.74) is 5.27. The number of carbonyl (C=O) groups excluding carboxylic acids is 1. The van der Waals surface area contributed by atoms with Crippen LogP contribution < -0.4 is 14.8 Å². The molecule has 3 aromatic carbocycles. The molecule has 41 heavy (non-hydrogen) atoms. The van der Waals surface area contributed by atoms with E-state index in [0.717, 1.165) is 53.3 Å². The molecule has 0 radical (unpaired) electrons. The third-order valence-electron chi connectivity index (χ3n) is 7.80. The van der Waals surface area contributed by atoms with Crippen molar-refractivity contribution in [1.82, 2.24) is 9.29 Å². The first-order chi connectivity index (χ1) is 19.6. The number of amides is 1. The summed E-state index contributed by atoms with van der Waals surface area (Å²) in [6.07, 6.45) is 6.31. The number of aryl methyl sites for hydroxylation is 2. The monoisotopic (exact) mass is 575 g/mol. The Bertz CT molecular complexity index is 1670. The molecule has 8 nitrogen and oxygen atoms in total. The maximum Gasteiger partial charge on any atom is 0.411 e. The first kappa shape index (κ1) is 28.7. The van der Waals surface area contributed by atoms with Gasteiger partial charge in [0.15, 0.2) is 0 Å². The van der Waals surface area contributed by atoms with E-state index in [9.17, 15) is 13.2 Å². The fourth-order valence-electron chi connectivity index (χ4n) is 5.60. The summed E-state index contributed by atoms with van der Waals surface area (Å²) in [6.45, 7) is 3.60. The van der Waals surface area contributed by atoms with E-state index in [1.54, 1.807) is 32.2 Å². The molecule has 9 heteroatoms. The number of hydrogen-bond donors (Lipinski definition) is 2. The second kappa shape index (κ2) is 12.0. The summed E-state index contributed by atoms with van der Waals surface area (Å²) in [7, 11) is -0.0776. The van der Waals surface area contributed by atoms with Crippen LogP contribution in [0.5, 0.6) is 5.75 Å². The fourth-order valence-corrected chi connectivity index (χ4v) is 7.08. The zero-order valence-electron chi connectivity index (χ0n) is 23.9. The third kappa shape index (κ3) is 6.41. The van der Waals surface area contributed by atoms with Crippen molar-refractivity contribution in [2.45, 2.75) is 63.0 Å². The second-order valence-electron chi connectivity index (χ2n) is 10.8. The van der Waals surface area contributed by atoms with Gasteiger partial charge in [-0.3, -0.25) is 5.32 Å². The number of carbonyl (C=O) groups is 1. The van der Waals surface area contributed by atoms with Crippen molar-refractivity contribution in [2.75, 3.05) is 12.4 Å². The zero-order chi connectivity index (χ0) is 29.1. The average Bonchev–Trinajstić information content (AvgIpc) is 3.56. The molecular weight excluding hydrogens is 538 g/mol. The summed E-state index contributed by atoms with van der Waals surface area (Å²) in [5, 5.41) is 3.91. The Labute approximate surface area is 241 Å².